The lowest BCUT2D eigenvalue weighted by atomic mass is 9.98. The fourth-order valence-electron chi connectivity index (χ4n) is 2.98. The van der Waals surface area contributed by atoms with Crippen molar-refractivity contribution in [3.63, 3.8) is 0 Å². The number of nitrogens with one attached hydrogen (secondary N) is 1. The Morgan fingerprint density at radius 3 is 2.77 bits per heavy atom. The SMILES string of the molecule is COC(=O)NCC1(N2CCc3nc(C(C)(C)C)sc3C2)CC1. The maximum absolute atomic E-state index is 11.3. The minimum atomic E-state index is -0.336. The van der Waals surface area contributed by atoms with Crippen LogP contribution >= 0.6 is 11.3 Å². The molecule has 0 atom stereocenters. The first-order valence-electron chi connectivity index (χ1n) is 7.90. The van der Waals surface area contributed by atoms with Crippen molar-refractivity contribution in [1.29, 1.82) is 0 Å². The number of fused-ring (bicyclic) bond motifs is 1. The fourth-order valence-corrected chi connectivity index (χ4v) is 4.16. The van der Waals surface area contributed by atoms with Gasteiger partial charge in [-0.05, 0) is 12.8 Å². The molecule has 0 radical (unpaired) electrons. The number of ether oxygens (including phenoxy) is 1. The van der Waals surface area contributed by atoms with E-state index in [0.29, 0.717) is 6.54 Å². The summed E-state index contributed by atoms with van der Waals surface area (Å²) in [5, 5.41) is 4.10. The van der Waals surface area contributed by atoms with E-state index in [-0.39, 0.29) is 17.0 Å². The highest BCUT2D eigenvalue weighted by atomic mass is 32.1. The molecule has 1 aromatic rings. The number of hydrogen-bond acceptors (Lipinski definition) is 5. The van der Waals surface area contributed by atoms with Crippen LogP contribution in [0.1, 0.15) is 49.2 Å². The van der Waals surface area contributed by atoms with E-state index in [2.05, 4.69) is 35.7 Å². The number of methoxy groups -OCH3 is 1. The summed E-state index contributed by atoms with van der Waals surface area (Å²) in [6, 6.07) is 0. The van der Waals surface area contributed by atoms with E-state index in [1.807, 2.05) is 11.3 Å². The second-order valence-corrected chi connectivity index (χ2v) is 8.46. The van der Waals surface area contributed by atoms with Crippen molar-refractivity contribution in [2.75, 3.05) is 20.2 Å². The highest BCUT2D eigenvalue weighted by Gasteiger charge is 2.49. The number of rotatable bonds is 3. The molecule has 1 fully saturated rings. The molecule has 3 rings (SSSR count). The number of alkyl carbamates (subject to hydrolysis) is 1. The summed E-state index contributed by atoms with van der Waals surface area (Å²) in [4.78, 5) is 20.1. The Morgan fingerprint density at radius 1 is 1.45 bits per heavy atom. The summed E-state index contributed by atoms with van der Waals surface area (Å²) in [5.41, 5.74) is 1.54. The van der Waals surface area contributed by atoms with Gasteiger partial charge >= 0.3 is 6.09 Å². The normalized spacial score (nSPS) is 20.4. The van der Waals surface area contributed by atoms with Crippen LogP contribution in [-0.4, -0.2) is 41.7 Å². The maximum atomic E-state index is 11.3. The highest BCUT2D eigenvalue weighted by molar-refractivity contribution is 7.11. The Balaban J connectivity index is 1.69. The van der Waals surface area contributed by atoms with E-state index in [1.165, 1.54) is 22.7 Å². The van der Waals surface area contributed by atoms with E-state index in [0.717, 1.165) is 32.4 Å². The predicted molar refractivity (Wildman–Crippen MR) is 87.3 cm³/mol. The molecule has 1 aliphatic carbocycles. The summed E-state index contributed by atoms with van der Waals surface area (Å²) < 4.78 is 4.68. The maximum Gasteiger partial charge on any atom is 0.406 e. The summed E-state index contributed by atoms with van der Waals surface area (Å²) in [7, 11) is 1.41. The van der Waals surface area contributed by atoms with Crippen LogP contribution in [0, 0.1) is 0 Å². The van der Waals surface area contributed by atoms with Gasteiger partial charge in [0, 0.05) is 41.9 Å². The summed E-state index contributed by atoms with van der Waals surface area (Å²) >= 11 is 1.85. The molecule has 5 nitrogen and oxygen atoms in total. The number of amides is 1. The average Bonchev–Trinajstić information content (AvgIpc) is 3.13. The molecule has 2 aliphatic rings. The minimum absolute atomic E-state index is 0.122. The minimum Gasteiger partial charge on any atom is -0.453 e. The van der Waals surface area contributed by atoms with Crippen molar-refractivity contribution in [2.45, 2.75) is 57.5 Å². The lowest BCUT2D eigenvalue weighted by molar-refractivity contribution is 0.141. The van der Waals surface area contributed by atoms with Crippen LogP contribution in [0.3, 0.4) is 0 Å². The van der Waals surface area contributed by atoms with Crippen LogP contribution in [-0.2, 0) is 23.1 Å². The van der Waals surface area contributed by atoms with Gasteiger partial charge < -0.3 is 10.1 Å². The van der Waals surface area contributed by atoms with E-state index in [4.69, 9.17) is 4.98 Å². The van der Waals surface area contributed by atoms with Crippen molar-refractivity contribution in [3.05, 3.63) is 15.6 Å². The third kappa shape index (κ3) is 2.99. The number of hydrogen-bond donors (Lipinski definition) is 1. The molecule has 1 aliphatic heterocycles. The van der Waals surface area contributed by atoms with Gasteiger partial charge in [0.15, 0.2) is 0 Å². The number of aromatic nitrogens is 1. The molecular formula is C16H25N3O2S. The zero-order valence-corrected chi connectivity index (χ0v) is 14.7. The van der Waals surface area contributed by atoms with Crippen LogP contribution in [0.4, 0.5) is 4.79 Å². The lowest BCUT2D eigenvalue weighted by Gasteiger charge is -2.34. The zero-order valence-electron chi connectivity index (χ0n) is 13.9. The average molecular weight is 323 g/mol. The van der Waals surface area contributed by atoms with Gasteiger partial charge in [0.05, 0.1) is 17.8 Å². The highest BCUT2D eigenvalue weighted by Crippen LogP contribution is 2.44. The Kier molecular flexibility index (Phi) is 3.93. The lowest BCUT2D eigenvalue weighted by Crippen LogP contribution is -2.47. The Bertz CT molecular complexity index is 572. The van der Waals surface area contributed by atoms with Crippen LogP contribution in [0.5, 0.6) is 0 Å². The summed E-state index contributed by atoms with van der Waals surface area (Å²) in [5.74, 6) is 0. The van der Waals surface area contributed by atoms with Gasteiger partial charge in [-0.15, -0.1) is 11.3 Å². The largest absolute Gasteiger partial charge is 0.453 e. The molecular weight excluding hydrogens is 298 g/mol. The number of carbonyl (C=O) groups is 1. The van der Waals surface area contributed by atoms with Crippen molar-refractivity contribution >= 4 is 17.4 Å². The molecule has 1 N–H and O–H groups in total. The third-order valence-electron chi connectivity index (χ3n) is 4.62. The van der Waals surface area contributed by atoms with Crippen molar-refractivity contribution in [2.24, 2.45) is 0 Å². The van der Waals surface area contributed by atoms with Crippen LogP contribution in [0.25, 0.3) is 0 Å². The Hall–Kier alpha value is -1.14. The molecule has 0 unspecified atom stereocenters. The van der Waals surface area contributed by atoms with Crippen LogP contribution in [0.2, 0.25) is 0 Å². The second-order valence-electron chi connectivity index (χ2n) is 7.38. The van der Waals surface area contributed by atoms with Crippen LogP contribution < -0.4 is 5.32 Å². The smallest absolute Gasteiger partial charge is 0.406 e. The van der Waals surface area contributed by atoms with E-state index >= 15 is 0 Å². The molecule has 0 aromatic carbocycles. The van der Waals surface area contributed by atoms with Gasteiger partial charge in [0.25, 0.3) is 0 Å². The third-order valence-corrected chi connectivity index (χ3v) is 6.13. The van der Waals surface area contributed by atoms with Crippen molar-refractivity contribution < 1.29 is 9.53 Å². The first-order valence-corrected chi connectivity index (χ1v) is 8.72. The quantitative estimate of drug-likeness (QED) is 0.929. The van der Waals surface area contributed by atoms with Crippen molar-refractivity contribution in [3.8, 4) is 0 Å². The van der Waals surface area contributed by atoms with Gasteiger partial charge in [0.2, 0.25) is 0 Å². The Labute approximate surface area is 136 Å². The topological polar surface area (TPSA) is 54.5 Å². The molecule has 2 heterocycles. The monoisotopic (exact) mass is 323 g/mol. The Morgan fingerprint density at radius 2 is 2.18 bits per heavy atom. The molecule has 0 spiro atoms. The van der Waals surface area contributed by atoms with E-state index in [1.54, 1.807) is 0 Å². The molecule has 1 aromatic heterocycles. The second kappa shape index (κ2) is 5.49. The van der Waals surface area contributed by atoms with Gasteiger partial charge in [-0.3, -0.25) is 4.90 Å². The molecule has 1 saturated carbocycles. The zero-order chi connectivity index (χ0) is 16.0. The summed E-state index contributed by atoms with van der Waals surface area (Å²) in [6.07, 6.45) is 2.98. The number of carbonyl (C=O) groups excluding carboxylic acids is 1. The number of thiazole rings is 1. The molecule has 22 heavy (non-hydrogen) atoms. The predicted octanol–water partition coefficient (Wildman–Crippen LogP) is 2.69. The number of nitrogens with zero attached hydrogens (tertiary/aromatic N) is 2. The standard InChI is InChI=1S/C16H25N3O2S/c1-15(2,3)13-18-11-5-8-19(9-12(11)22-13)16(6-7-16)10-17-14(20)21-4/h5-10H2,1-4H3,(H,17,20). The first-order chi connectivity index (χ1) is 10.3. The van der Waals surface area contributed by atoms with Crippen molar-refractivity contribution in [1.82, 2.24) is 15.2 Å². The summed E-state index contributed by atoms with van der Waals surface area (Å²) in [6.45, 7) is 9.34. The van der Waals surface area contributed by atoms with Crippen LogP contribution in [0.15, 0.2) is 0 Å². The van der Waals surface area contributed by atoms with Gasteiger partial charge in [-0.25, -0.2) is 9.78 Å². The molecule has 122 valence electrons. The molecule has 0 saturated heterocycles. The van der Waals surface area contributed by atoms with E-state index < -0.39 is 0 Å². The fraction of sp³-hybridized carbons (Fsp3) is 0.750. The molecule has 0 bridgehead atoms. The molecule has 6 heteroatoms. The van der Waals surface area contributed by atoms with Gasteiger partial charge in [0.1, 0.15) is 0 Å². The first kappa shape index (κ1) is 15.7. The van der Waals surface area contributed by atoms with Gasteiger partial charge in [-0.2, -0.15) is 0 Å². The van der Waals surface area contributed by atoms with Gasteiger partial charge in [-0.1, -0.05) is 20.8 Å². The molecule has 1 amide bonds. The van der Waals surface area contributed by atoms with E-state index in [9.17, 15) is 4.79 Å².